The Labute approximate surface area is 109 Å². The van der Waals surface area contributed by atoms with Crippen LogP contribution in [0.5, 0.6) is 0 Å². The zero-order chi connectivity index (χ0) is 13.0. The quantitative estimate of drug-likeness (QED) is 0.683. The van der Waals surface area contributed by atoms with E-state index in [4.69, 9.17) is 10.5 Å². The number of amides is 1. The molecule has 2 rings (SSSR count). The molecule has 2 unspecified atom stereocenters. The molecule has 3 N–H and O–H groups in total. The molecule has 2 aliphatic heterocycles. The van der Waals surface area contributed by atoms with Gasteiger partial charge in [-0.05, 0) is 25.7 Å². The molecule has 0 aromatic heterocycles. The topological polar surface area (TPSA) is 67.6 Å². The highest BCUT2D eigenvalue weighted by Gasteiger charge is 2.37. The minimum absolute atomic E-state index is 0.111. The Morgan fingerprint density at radius 2 is 2.06 bits per heavy atom. The summed E-state index contributed by atoms with van der Waals surface area (Å²) in [4.78, 5) is 14.2. The maximum Gasteiger partial charge on any atom is 0.234 e. The van der Waals surface area contributed by atoms with Crippen molar-refractivity contribution < 1.29 is 9.53 Å². The summed E-state index contributed by atoms with van der Waals surface area (Å²) in [5.74, 6) is 0.111. The lowest BCUT2D eigenvalue weighted by Gasteiger charge is -2.47. The molecule has 5 nitrogen and oxygen atoms in total. The van der Waals surface area contributed by atoms with Crippen LogP contribution < -0.4 is 11.1 Å². The Hall–Kier alpha value is -0.650. The van der Waals surface area contributed by atoms with Crippen LogP contribution in [0.15, 0.2) is 0 Å². The van der Waals surface area contributed by atoms with Crippen molar-refractivity contribution in [2.24, 2.45) is 5.73 Å². The molecule has 1 amide bonds. The number of hydrogen-bond acceptors (Lipinski definition) is 4. The zero-order valence-electron chi connectivity index (χ0n) is 11.2. The van der Waals surface area contributed by atoms with Gasteiger partial charge >= 0.3 is 0 Å². The van der Waals surface area contributed by atoms with Gasteiger partial charge in [0, 0.05) is 31.8 Å². The summed E-state index contributed by atoms with van der Waals surface area (Å²) < 4.78 is 4.93. The van der Waals surface area contributed by atoms with E-state index < -0.39 is 0 Å². The van der Waals surface area contributed by atoms with Crippen LogP contribution >= 0.6 is 0 Å². The molecule has 2 aliphatic rings. The predicted molar refractivity (Wildman–Crippen MR) is 70.2 cm³/mol. The third-order valence-corrected chi connectivity index (χ3v) is 4.12. The summed E-state index contributed by atoms with van der Waals surface area (Å²) in [6.45, 7) is 1.69. The Balaban J connectivity index is 1.82. The lowest BCUT2D eigenvalue weighted by Crippen LogP contribution is -2.57. The van der Waals surface area contributed by atoms with E-state index in [1.54, 1.807) is 7.11 Å². The number of rotatable bonds is 5. The van der Waals surface area contributed by atoms with Crippen molar-refractivity contribution in [3.8, 4) is 0 Å². The molecule has 5 heteroatoms. The maximum absolute atomic E-state index is 11.9. The van der Waals surface area contributed by atoms with Crippen molar-refractivity contribution in [3.63, 3.8) is 0 Å². The normalized spacial score (nSPS) is 32.2. The van der Waals surface area contributed by atoms with Gasteiger partial charge in [0.05, 0.1) is 13.2 Å². The van der Waals surface area contributed by atoms with Gasteiger partial charge < -0.3 is 15.8 Å². The van der Waals surface area contributed by atoms with Gasteiger partial charge in [0.1, 0.15) is 0 Å². The fourth-order valence-electron chi connectivity index (χ4n) is 3.29. The number of nitrogens with one attached hydrogen (secondary N) is 1. The average Bonchev–Trinajstić information content (AvgIpc) is 2.31. The standard InChI is InChI=1S/C13H25N3O2/c1-18-6-5-15-13(17)9-16-11-3-2-4-12(16)8-10(14)7-11/h10-12H,2-9,14H2,1H3,(H,15,17). The third-order valence-electron chi connectivity index (χ3n) is 4.12. The third kappa shape index (κ3) is 3.43. The van der Waals surface area contributed by atoms with Gasteiger partial charge in [-0.25, -0.2) is 0 Å². The van der Waals surface area contributed by atoms with Crippen LogP contribution in [0.4, 0.5) is 0 Å². The summed E-state index contributed by atoms with van der Waals surface area (Å²) in [5, 5.41) is 2.89. The van der Waals surface area contributed by atoms with E-state index in [1.807, 2.05) is 0 Å². The lowest BCUT2D eigenvalue weighted by atomic mass is 9.82. The van der Waals surface area contributed by atoms with E-state index in [0.717, 1.165) is 12.8 Å². The molecule has 0 aromatic carbocycles. The van der Waals surface area contributed by atoms with Crippen LogP contribution in [0.1, 0.15) is 32.1 Å². The van der Waals surface area contributed by atoms with Crippen LogP contribution in [0.2, 0.25) is 0 Å². The second-order valence-electron chi connectivity index (χ2n) is 5.49. The van der Waals surface area contributed by atoms with Gasteiger partial charge in [0.2, 0.25) is 5.91 Å². The Kier molecular flexibility index (Phi) is 4.97. The van der Waals surface area contributed by atoms with Crippen LogP contribution in [0.3, 0.4) is 0 Å². The molecule has 2 heterocycles. The first-order valence-corrected chi connectivity index (χ1v) is 6.97. The molecule has 0 spiro atoms. The monoisotopic (exact) mass is 255 g/mol. The Bertz CT molecular complexity index is 271. The minimum Gasteiger partial charge on any atom is -0.383 e. The number of methoxy groups -OCH3 is 1. The first-order valence-electron chi connectivity index (χ1n) is 6.97. The van der Waals surface area contributed by atoms with Crippen molar-refractivity contribution >= 4 is 5.91 Å². The number of fused-ring (bicyclic) bond motifs is 2. The molecule has 104 valence electrons. The second kappa shape index (κ2) is 6.50. The maximum atomic E-state index is 11.9. The summed E-state index contributed by atoms with van der Waals surface area (Å²) >= 11 is 0. The number of carbonyl (C=O) groups excluding carboxylic acids is 1. The predicted octanol–water partition coefficient (Wildman–Crippen LogP) is 0.0932. The van der Waals surface area contributed by atoms with Crippen LogP contribution in [-0.4, -0.2) is 55.7 Å². The molecule has 2 fully saturated rings. The molecular weight excluding hydrogens is 230 g/mol. The lowest BCUT2D eigenvalue weighted by molar-refractivity contribution is -0.125. The van der Waals surface area contributed by atoms with Crippen LogP contribution in [0.25, 0.3) is 0 Å². The molecule has 0 aromatic rings. The second-order valence-corrected chi connectivity index (χ2v) is 5.49. The molecule has 2 bridgehead atoms. The van der Waals surface area contributed by atoms with Gasteiger partial charge in [-0.2, -0.15) is 0 Å². The molecule has 0 radical (unpaired) electrons. The number of nitrogens with zero attached hydrogens (tertiary/aromatic N) is 1. The van der Waals surface area contributed by atoms with E-state index in [2.05, 4.69) is 10.2 Å². The van der Waals surface area contributed by atoms with E-state index in [1.165, 1.54) is 19.3 Å². The molecule has 0 saturated carbocycles. The van der Waals surface area contributed by atoms with E-state index in [-0.39, 0.29) is 5.91 Å². The van der Waals surface area contributed by atoms with Gasteiger partial charge in [-0.1, -0.05) is 6.42 Å². The van der Waals surface area contributed by atoms with Crippen molar-refractivity contribution in [3.05, 3.63) is 0 Å². The van der Waals surface area contributed by atoms with Crippen molar-refractivity contribution in [1.29, 1.82) is 0 Å². The van der Waals surface area contributed by atoms with E-state index in [0.29, 0.717) is 37.8 Å². The summed E-state index contributed by atoms with van der Waals surface area (Å²) in [7, 11) is 1.64. The summed E-state index contributed by atoms with van der Waals surface area (Å²) in [6.07, 6.45) is 5.75. The number of piperidine rings is 2. The fourth-order valence-corrected chi connectivity index (χ4v) is 3.29. The van der Waals surface area contributed by atoms with Crippen molar-refractivity contribution in [2.45, 2.75) is 50.2 Å². The van der Waals surface area contributed by atoms with Crippen molar-refractivity contribution in [1.82, 2.24) is 10.2 Å². The Morgan fingerprint density at radius 1 is 1.39 bits per heavy atom. The van der Waals surface area contributed by atoms with Gasteiger partial charge in [-0.15, -0.1) is 0 Å². The largest absolute Gasteiger partial charge is 0.383 e. The molecule has 0 aliphatic carbocycles. The SMILES string of the molecule is COCCNC(=O)CN1C2CCCC1CC(N)C2. The van der Waals surface area contributed by atoms with Gasteiger partial charge in [0.15, 0.2) is 0 Å². The minimum atomic E-state index is 0.111. The Morgan fingerprint density at radius 3 is 2.67 bits per heavy atom. The average molecular weight is 255 g/mol. The highest BCUT2D eigenvalue weighted by molar-refractivity contribution is 5.78. The van der Waals surface area contributed by atoms with Crippen molar-refractivity contribution in [2.75, 3.05) is 26.8 Å². The van der Waals surface area contributed by atoms with Crippen LogP contribution in [0, 0.1) is 0 Å². The first-order chi connectivity index (χ1) is 8.70. The molecule has 2 saturated heterocycles. The summed E-state index contributed by atoms with van der Waals surface area (Å²) in [6, 6.07) is 1.36. The molecular formula is C13H25N3O2. The zero-order valence-corrected chi connectivity index (χ0v) is 11.2. The number of ether oxygens (including phenoxy) is 1. The first kappa shape index (κ1) is 13.8. The number of nitrogens with two attached hydrogens (primary N) is 1. The van der Waals surface area contributed by atoms with Crippen LogP contribution in [-0.2, 0) is 9.53 Å². The highest BCUT2D eigenvalue weighted by Crippen LogP contribution is 2.32. The molecule has 18 heavy (non-hydrogen) atoms. The summed E-state index contributed by atoms with van der Waals surface area (Å²) in [5.41, 5.74) is 6.07. The highest BCUT2D eigenvalue weighted by atomic mass is 16.5. The number of carbonyl (C=O) groups is 1. The van der Waals surface area contributed by atoms with E-state index >= 15 is 0 Å². The fraction of sp³-hybridized carbons (Fsp3) is 0.923. The molecule has 2 atom stereocenters. The van der Waals surface area contributed by atoms with Gasteiger partial charge in [0.25, 0.3) is 0 Å². The number of hydrogen-bond donors (Lipinski definition) is 2. The van der Waals surface area contributed by atoms with E-state index in [9.17, 15) is 4.79 Å². The smallest absolute Gasteiger partial charge is 0.234 e. The van der Waals surface area contributed by atoms with Gasteiger partial charge in [-0.3, -0.25) is 9.69 Å².